The zero-order valence-corrected chi connectivity index (χ0v) is 12.8. The SMILES string of the molecule is NCC(Nc1cccc2cc(Br)cnc12)C1CCCO1. The van der Waals surface area contributed by atoms with Crippen molar-refractivity contribution in [1.29, 1.82) is 0 Å². The van der Waals surface area contributed by atoms with Crippen LogP contribution in [0.5, 0.6) is 0 Å². The Hall–Kier alpha value is -1.17. The van der Waals surface area contributed by atoms with Gasteiger partial charge in [-0.2, -0.15) is 0 Å². The summed E-state index contributed by atoms with van der Waals surface area (Å²) in [5.74, 6) is 0. The lowest BCUT2D eigenvalue weighted by molar-refractivity contribution is 0.0973. The summed E-state index contributed by atoms with van der Waals surface area (Å²) in [4.78, 5) is 4.50. The molecule has 3 N–H and O–H groups in total. The summed E-state index contributed by atoms with van der Waals surface area (Å²) in [5.41, 5.74) is 7.88. The zero-order valence-electron chi connectivity index (χ0n) is 11.2. The first kappa shape index (κ1) is 13.8. The number of aromatic nitrogens is 1. The molecule has 2 aromatic rings. The van der Waals surface area contributed by atoms with Gasteiger partial charge in [-0.05, 0) is 40.9 Å². The van der Waals surface area contributed by atoms with Crippen molar-refractivity contribution >= 4 is 32.5 Å². The Morgan fingerprint density at radius 2 is 2.40 bits per heavy atom. The molecular weight excluding hydrogens is 318 g/mol. The second-order valence-corrected chi connectivity index (χ2v) is 5.98. The molecule has 1 aromatic carbocycles. The third-order valence-electron chi connectivity index (χ3n) is 3.69. The van der Waals surface area contributed by atoms with Crippen LogP contribution in [0.25, 0.3) is 10.9 Å². The fourth-order valence-corrected chi connectivity index (χ4v) is 3.02. The Morgan fingerprint density at radius 3 is 3.15 bits per heavy atom. The van der Waals surface area contributed by atoms with Crippen LogP contribution in [0.15, 0.2) is 34.9 Å². The minimum absolute atomic E-state index is 0.133. The number of hydrogen-bond acceptors (Lipinski definition) is 4. The molecule has 3 rings (SSSR count). The molecule has 0 saturated carbocycles. The molecule has 0 amide bonds. The molecule has 0 aliphatic carbocycles. The van der Waals surface area contributed by atoms with Gasteiger partial charge < -0.3 is 15.8 Å². The quantitative estimate of drug-likeness (QED) is 0.901. The molecule has 0 bridgehead atoms. The van der Waals surface area contributed by atoms with Crippen LogP contribution in [0.4, 0.5) is 5.69 Å². The second-order valence-electron chi connectivity index (χ2n) is 5.07. The summed E-state index contributed by atoms with van der Waals surface area (Å²) in [7, 11) is 0. The summed E-state index contributed by atoms with van der Waals surface area (Å²) in [6.45, 7) is 1.39. The van der Waals surface area contributed by atoms with Gasteiger partial charge in [0.25, 0.3) is 0 Å². The summed E-state index contributed by atoms with van der Waals surface area (Å²) in [6.07, 6.45) is 4.20. The van der Waals surface area contributed by atoms with E-state index in [1.165, 1.54) is 0 Å². The Bertz CT molecular complexity index is 599. The van der Waals surface area contributed by atoms with E-state index in [-0.39, 0.29) is 12.1 Å². The number of rotatable bonds is 4. The molecule has 0 spiro atoms. The van der Waals surface area contributed by atoms with E-state index in [0.29, 0.717) is 6.54 Å². The molecule has 1 saturated heterocycles. The van der Waals surface area contributed by atoms with Gasteiger partial charge in [-0.1, -0.05) is 12.1 Å². The summed E-state index contributed by atoms with van der Waals surface area (Å²) in [6, 6.07) is 8.33. The highest BCUT2D eigenvalue weighted by molar-refractivity contribution is 9.10. The molecule has 4 nitrogen and oxygen atoms in total. The lowest BCUT2D eigenvalue weighted by atomic mass is 10.1. The Labute approximate surface area is 126 Å². The van der Waals surface area contributed by atoms with Crippen LogP contribution in [0, 0.1) is 0 Å². The van der Waals surface area contributed by atoms with E-state index in [0.717, 1.165) is 40.5 Å². The smallest absolute Gasteiger partial charge is 0.0934 e. The molecule has 20 heavy (non-hydrogen) atoms. The van der Waals surface area contributed by atoms with Crippen molar-refractivity contribution < 1.29 is 4.74 Å². The minimum atomic E-state index is 0.133. The molecule has 2 unspecified atom stereocenters. The van der Waals surface area contributed by atoms with Crippen molar-refractivity contribution in [3.63, 3.8) is 0 Å². The first-order valence-electron chi connectivity index (χ1n) is 6.90. The molecule has 5 heteroatoms. The van der Waals surface area contributed by atoms with E-state index >= 15 is 0 Å². The average Bonchev–Trinajstić information content (AvgIpc) is 2.98. The number of nitrogens with two attached hydrogens (primary N) is 1. The Morgan fingerprint density at radius 1 is 1.50 bits per heavy atom. The molecule has 2 heterocycles. The normalized spacial score (nSPS) is 20.2. The summed E-state index contributed by atoms with van der Waals surface area (Å²) < 4.78 is 6.72. The molecule has 1 aromatic heterocycles. The van der Waals surface area contributed by atoms with Crippen LogP contribution in [-0.2, 0) is 4.74 Å². The number of halogens is 1. The van der Waals surface area contributed by atoms with Gasteiger partial charge in [0, 0.05) is 29.2 Å². The van der Waals surface area contributed by atoms with Crippen LogP contribution in [0.1, 0.15) is 12.8 Å². The summed E-state index contributed by atoms with van der Waals surface area (Å²) >= 11 is 3.45. The number of fused-ring (bicyclic) bond motifs is 1. The lowest BCUT2D eigenvalue weighted by Gasteiger charge is -2.24. The number of anilines is 1. The molecule has 0 radical (unpaired) electrons. The standard InChI is InChI=1S/C15H18BrN3O/c16-11-7-10-3-1-4-12(15(10)18-9-11)19-13(8-17)14-5-2-6-20-14/h1,3-4,7,9,13-14,19H,2,5-6,8,17H2. The number of nitrogens with zero attached hydrogens (tertiary/aromatic N) is 1. The zero-order chi connectivity index (χ0) is 13.9. The van der Waals surface area contributed by atoms with Gasteiger partial charge in [-0.15, -0.1) is 0 Å². The van der Waals surface area contributed by atoms with Gasteiger partial charge in [0.05, 0.1) is 23.3 Å². The highest BCUT2D eigenvalue weighted by Crippen LogP contribution is 2.26. The lowest BCUT2D eigenvalue weighted by Crippen LogP contribution is -2.39. The van der Waals surface area contributed by atoms with Gasteiger partial charge in [-0.3, -0.25) is 4.98 Å². The predicted molar refractivity (Wildman–Crippen MR) is 84.9 cm³/mol. The fraction of sp³-hybridized carbons (Fsp3) is 0.400. The van der Waals surface area contributed by atoms with E-state index in [1.54, 1.807) is 0 Å². The van der Waals surface area contributed by atoms with Gasteiger partial charge in [0.2, 0.25) is 0 Å². The van der Waals surface area contributed by atoms with Crippen LogP contribution in [0.2, 0.25) is 0 Å². The number of ether oxygens (including phenoxy) is 1. The van der Waals surface area contributed by atoms with Crippen molar-refractivity contribution in [3.05, 3.63) is 34.9 Å². The monoisotopic (exact) mass is 335 g/mol. The maximum absolute atomic E-state index is 5.90. The second kappa shape index (κ2) is 6.08. The molecule has 1 aliphatic rings. The van der Waals surface area contributed by atoms with Crippen molar-refractivity contribution in [2.75, 3.05) is 18.5 Å². The summed E-state index contributed by atoms with van der Waals surface area (Å²) in [5, 5.41) is 4.61. The van der Waals surface area contributed by atoms with Crippen molar-refractivity contribution in [3.8, 4) is 0 Å². The van der Waals surface area contributed by atoms with Crippen LogP contribution >= 0.6 is 15.9 Å². The van der Waals surface area contributed by atoms with Crippen LogP contribution < -0.4 is 11.1 Å². The van der Waals surface area contributed by atoms with Crippen LogP contribution in [-0.4, -0.2) is 30.3 Å². The van der Waals surface area contributed by atoms with E-state index in [9.17, 15) is 0 Å². The maximum Gasteiger partial charge on any atom is 0.0934 e. The van der Waals surface area contributed by atoms with Gasteiger partial charge in [0.15, 0.2) is 0 Å². The topological polar surface area (TPSA) is 60.2 Å². The van der Waals surface area contributed by atoms with E-state index < -0.39 is 0 Å². The Kier molecular flexibility index (Phi) is 4.19. The third kappa shape index (κ3) is 2.80. The highest BCUT2D eigenvalue weighted by atomic mass is 79.9. The number of benzene rings is 1. The van der Waals surface area contributed by atoms with E-state index in [4.69, 9.17) is 10.5 Å². The molecule has 1 fully saturated rings. The number of pyridine rings is 1. The fourth-order valence-electron chi connectivity index (χ4n) is 2.67. The van der Waals surface area contributed by atoms with Crippen molar-refractivity contribution in [2.24, 2.45) is 5.73 Å². The molecular formula is C15H18BrN3O. The third-order valence-corrected chi connectivity index (χ3v) is 4.12. The number of nitrogens with one attached hydrogen (secondary N) is 1. The van der Waals surface area contributed by atoms with Crippen LogP contribution in [0.3, 0.4) is 0 Å². The number of hydrogen-bond donors (Lipinski definition) is 2. The first-order valence-corrected chi connectivity index (χ1v) is 7.69. The van der Waals surface area contributed by atoms with Gasteiger partial charge in [-0.25, -0.2) is 0 Å². The van der Waals surface area contributed by atoms with Crippen molar-refractivity contribution in [1.82, 2.24) is 4.98 Å². The predicted octanol–water partition coefficient (Wildman–Crippen LogP) is 2.92. The van der Waals surface area contributed by atoms with Gasteiger partial charge in [0.1, 0.15) is 0 Å². The number of para-hydroxylation sites is 1. The first-order chi connectivity index (χ1) is 9.78. The minimum Gasteiger partial charge on any atom is -0.377 e. The largest absolute Gasteiger partial charge is 0.377 e. The molecule has 1 aliphatic heterocycles. The average molecular weight is 336 g/mol. The molecule has 2 atom stereocenters. The highest BCUT2D eigenvalue weighted by Gasteiger charge is 2.25. The van der Waals surface area contributed by atoms with Crippen molar-refractivity contribution in [2.45, 2.75) is 25.0 Å². The van der Waals surface area contributed by atoms with E-state index in [1.807, 2.05) is 18.3 Å². The Balaban J connectivity index is 1.89. The maximum atomic E-state index is 5.90. The molecule has 106 valence electrons. The van der Waals surface area contributed by atoms with Gasteiger partial charge >= 0.3 is 0 Å². The van der Waals surface area contributed by atoms with E-state index in [2.05, 4.69) is 38.4 Å².